The van der Waals surface area contributed by atoms with Gasteiger partial charge in [0.05, 0.1) is 17.4 Å². The van der Waals surface area contributed by atoms with Crippen molar-refractivity contribution >= 4 is 34.8 Å². The van der Waals surface area contributed by atoms with Gasteiger partial charge in [0.2, 0.25) is 0 Å². The number of aromatic amines is 1. The molecule has 9 heteroatoms. The molecule has 2 fully saturated rings. The highest BCUT2D eigenvalue weighted by Crippen LogP contribution is 2.44. The lowest BCUT2D eigenvalue weighted by Crippen LogP contribution is -2.23. The minimum Gasteiger partial charge on any atom is -0.365 e. The molecule has 5 rings (SSSR count). The maximum Gasteiger partial charge on any atom is 0.284 e. The highest BCUT2D eigenvalue weighted by molar-refractivity contribution is 5.94. The Morgan fingerprint density at radius 3 is 2.73 bits per heavy atom. The molecule has 0 bridgehead atoms. The van der Waals surface area contributed by atoms with Crippen LogP contribution in [0.4, 0.5) is 20.4 Å². The van der Waals surface area contributed by atoms with Crippen LogP contribution < -0.4 is 10.6 Å². The number of halogens is 2. The predicted molar refractivity (Wildman–Crippen MR) is 127 cm³/mol. The zero-order valence-corrected chi connectivity index (χ0v) is 18.8. The van der Waals surface area contributed by atoms with Crippen LogP contribution in [0, 0.1) is 0 Å². The van der Waals surface area contributed by atoms with Gasteiger partial charge in [-0.15, -0.1) is 0 Å². The van der Waals surface area contributed by atoms with Gasteiger partial charge in [-0.05, 0) is 57.0 Å². The molecule has 3 aromatic rings. The highest BCUT2D eigenvalue weighted by atomic mass is 19.3. The molecule has 172 valence electrons. The fourth-order valence-corrected chi connectivity index (χ4v) is 4.42. The predicted octanol–water partition coefficient (Wildman–Crippen LogP) is 4.90. The van der Waals surface area contributed by atoms with E-state index < -0.39 is 5.92 Å². The van der Waals surface area contributed by atoms with Crippen molar-refractivity contribution in [2.45, 2.75) is 51.0 Å². The summed E-state index contributed by atoms with van der Waals surface area (Å²) in [5, 5.41) is 7.97. The number of rotatable bonds is 7. The number of aromatic nitrogens is 4. The van der Waals surface area contributed by atoms with Crippen LogP contribution in [0.1, 0.15) is 61.7 Å². The van der Waals surface area contributed by atoms with Crippen LogP contribution in [0.25, 0.3) is 16.5 Å². The van der Waals surface area contributed by atoms with Crippen molar-refractivity contribution in [3.63, 3.8) is 0 Å². The summed E-state index contributed by atoms with van der Waals surface area (Å²) in [6.45, 7) is 8.04. The lowest BCUT2D eigenvalue weighted by molar-refractivity contribution is 0.0134. The first-order valence-corrected chi connectivity index (χ1v) is 11.3. The van der Waals surface area contributed by atoms with E-state index in [-0.39, 0.29) is 17.6 Å². The highest BCUT2D eigenvalue weighted by Gasteiger charge is 2.31. The Bertz CT molecular complexity index is 1230. The van der Waals surface area contributed by atoms with Crippen LogP contribution in [0.5, 0.6) is 0 Å². The molecular formula is C24H27F2N7. The first-order valence-electron chi connectivity index (χ1n) is 11.3. The molecule has 1 aliphatic heterocycles. The molecule has 1 saturated carbocycles. The Balaban J connectivity index is 1.66. The molecule has 7 nitrogen and oxygen atoms in total. The second kappa shape index (κ2) is 8.30. The van der Waals surface area contributed by atoms with E-state index in [1.807, 2.05) is 19.2 Å². The number of pyridine rings is 1. The van der Waals surface area contributed by atoms with E-state index in [2.05, 4.69) is 32.3 Å². The summed E-state index contributed by atoms with van der Waals surface area (Å²) in [6, 6.07) is 1.66. The standard InChI is InChI=1S/C24H27F2N7/c1-4-15(16-9-19(24(2,25)26)32-21(16)27-3)22-31-18-12-29-11-17(13-5-6-13)20(18)23(33-22)30-14-7-8-28-10-14/h4,9,11-14,28,32H,3,5-8,10H2,1-2H3,(H,30,31,33). The average molecular weight is 452 g/mol. The number of alkyl halides is 2. The summed E-state index contributed by atoms with van der Waals surface area (Å²) in [5.74, 6) is -1.09. The van der Waals surface area contributed by atoms with Crippen molar-refractivity contribution in [2.75, 3.05) is 18.4 Å². The van der Waals surface area contributed by atoms with Crippen molar-refractivity contribution in [2.24, 2.45) is 4.99 Å². The van der Waals surface area contributed by atoms with Crippen LogP contribution in [0.15, 0.2) is 29.5 Å². The van der Waals surface area contributed by atoms with E-state index in [1.165, 1.54) is 6.07 Å². The molecule has 1 aliphatic carbocycles. The zero-order valence-electron chi connectivity index (χ0n) is 18.8. The van der Waals surface area contributed by atoms with Crippen LogP contribution >= 0.6 is 0 Å². The fourth-order valence-electron chi connectivity index (χ4n) is 4.42. The number of aliphatic imine (C=N–C) groups is 1. The first kappa shape index (κ1) is 21.6. The first-order chi connectivity index (χ1) is 15.9. The van der Waals surface area contributed by atoms with Gasteiger partial charge in [0.25, 0.3) is 5.92 Å². The number of nitrogens with one attached hydrogen (secondary N) is 3. The minimum absolute atomic E-state index is 0.229. The average Bonchev–Trinajstić information content (AvgIpc) is 3.32. The topological polar surface area (TPSA) is 90.9 Å². The number of fused-ring (bicyclic) bond motifs is 1. The minimum atomic E-state index is -3.04. The van der Waals surface area contributed by atoms with Crippen LogP contribution in [0.2, 0.25) is 0 Å². The third-order valence-corrected chi connectivity index (χ3v) is 6.30. The Morgan fingerprint density at radius 1 is 1.27 bits per heavy atom. The number of anilines is 1. The summed E-state index contributed by atoms with van der Waals surface area (Å²) in [4.78, 5) is 20.8. The van der Waals surface area contributed by atoms with Gasteiger partial charge in [-0.25, -0.2) is 23.7 Å². The third kappa shape index (κ3) is 4.13. The Kier molecular flexibility index (Phi) is 5.44. The number of allylic oxidation sites excluding steroid dienone is 1. The maximum atomic E-state index is 14.0. The van der Waals surface area contributed by atoms with Gasteiger partial charge in [0.15, 0.2) is 5.82 Å². The van der Waals surface area contributed by atoms with Crippen LogP contribution in [-0.4, -0.2) is 45.8 Å². The molecule has 0 radical (unpaired) electrons. The van der Waals surface area contributed by atoms with Gasteiger partial charge in [-0.3, -0.25) is 4.98 Å². The Hall–Kier alpha value is -3.20. The van der Waals surface area contributed by atoms with Crippen molar-refractivity contribution in [3.05, 3.63) is 47.2 Å². The molecular weight excluding hydrogens is 424 g/mol. The normalized spacial score (nSPS) is 19.3. The lowest BCUT2D eigenvalue weighted by Gasteiger charge is -2.17. The van der Waals surface area contributed by atoms with Gasteiger partial charge in [0, 0.05) is 42.2 Å². The van der Waals surface area contributed by atoms with Crippen molar-refractivity contribution in [1.82, 2.24) is 25.3 Å². The number of nitrogens with zero attached hydrogens (tertiary/aromatic N) is 4. The van der Waals surface area contributed by atoms with Gasteiger partial charge in [-0.1, -0.05) is 6.08 Å². The van der Waals surface area contributed by atoms with Gasteiger partial charge in [0.1, 0.15) is 11.6 Å². The summed E-state index contributed by atoms with van der Waals surface area (Å²) < 4.78 is 28.0. The van der Waals surface area contributed by atoms with Crippen molar-refractivity contribution in [1.29, 1.82) is 0 Å². The second-order valence-corrected chi connectivity index (χ2v) is 8.82. The summed E-state index contributed by atoms with van der Waals surface area (Å²) >= 11 is 0. The summed E-state index contributed by atoms with van der Waals surface area (Å²) in [6.07, 6.45) is 8.75. The Labute approximate surface area is 190 Å². The molecule has 0 aromatic carbocycles. The van der Waals surface area contributed by atoms with E-state index in [9.17, 15) is 8.78 Å². The molecule has 3 N–H and O–H groups in total. The molecule has 1 unspecified atom stereocenters. The fraction of sp³-hybridized carbons (Fsp3) is 0.417. The monoisotopic (exact) mass is 451 g/mol. The molecule has 3 aromatic heterocycles. The molecule has 33 heavy (non-hydrogen) atoms. The SMILES string of the molecule is C=Nc1[nH]c(C(C)(F)F)cc1C(=CC)c1nc(NC2CCNC2)c2c(C3CC3)cncc2n1. The summed E-state index contributed by atoms with van der Waals surface area (Å²) in [5.41, 5.74) is 2.77. The molecule has 1 atom stereocenters. The van der Waals surface area contributed by atoms with E-state index >= 15 is 0 Å². The lowest BCUT2D eigenvalue weighted by atomic mass is 10.0. The smallest absolute Gasteiger partial charge is 0.284 e. The largest absolute Gasteiger partial charge is 0.365 e. The quantitative estimate of drug-likeness (QED) is 0.445. The number of hydrogen-bond donors (Lipinski definition) is 3. The maximum absolute atomic E-state index is 14.0. The van der Waals surface area contributed by atoms with Gasteiger partial charge >= 0.3 is 0 Å². The summed E-state index contributed by atoms with van der Waals surface area (Å²) in [7, 11) is 0. The molecule has 0 amide bonds. The molecule has 1 saturated heterocycles. The van der Waals surface area contributed by atoms with E-state index in [0.717, 1.165) is 61.6 Å². The molecule has 0 spiro atoms. The second-order valence-electron chi connectivity index (χ2n) is 8.82. The van der Waals surface area contributed by atoms with E-state index in [0.29, 0.717) is 22.9 Å². The van der Waals surface area contributed by atoms with Crippen molar-refractivity contribution in [3.8, 4) is 0 Å². The van der Waals surface area contributed by atoms with Gasteiger partial charge in [-0.2, -0.15) is 0 Å². The molecule has 4 heterocycles. The number of H-pyrrole nitrogens is 1. The Morgan fingerprint density at radius 2 is 2.09 bits per heavy atom. The molecule has 2 aliphatic rings. The van der Waals surface area contributed by atoms with Gasteiger partial charge < -0.3 is 15.6 Å². The van der Waals surface area contributed by atoms with Crippen molar-refractivity contribution < 1.29 is 8.78 Å². The van der Waals surface area contributed by atoms with Crippen LogP contribution in [-0.2, 0) is 5.92 Å². The zero-order chi connectivity index (χ0) is 23.2. The van der Waals surface area contributed by atoms with Crippen LogP contribution in [0.3, 0.4) is 0 Å². The number of hydrogen-bond acceptors (Lipinski definition) is 6. The van der Waals surface area contributed by atoms with E-state index in [4.69, 9.17) is 9.97 Å². The van der Waals surface area contributed by atoms with E-state index in [1.54, 1.807) is 6.20 Å². The third-order valence-electron chi connectivity index (χ3n) is 6.30.